The summed E-state index contributed by atoms with van der Waals surface area (Å²) in [5.41, 5.74) is 4.92. The average molecular weight is 345 g/mol. The number of amides is 1. The van der Waals surface area contributed by atoms with Crippen LogP contribution >= 0.6 is 0 Å². The third kappa shape index (κ3) is 2.78. The monoisotopic (exact) mass is 345 g/mol. The molecule has 1 atom stereocenters. The van der Waals surface area contributed by atoms with Crippen LogP contribution < -0.4 is 4.90 Å². The number of Topliss-reactive ketones (excluding diaryl/α,β-unsaturated/α-hetero) is 1. The summed E-state index contributed by atoms with van der Waals surface area (Å²) in [7, 11) is 0. The number of carbonyl (C=O) groups excluding carboxylic acids is 2. The van der Waals surface area contributed by atoms with Gasteiger partial charge in [0.1, 0.15) is 0 Å². The first-order valence-electron chi connectivity index (χ1n) is 9.42. The van der Waals surface area contributed by atoms with Gasteiger partial charge in [-0.25, -0.2) is 0 Å². The molecule has 132 valence electrons. The zero-order chi connectivity index (χ0) is 18.1. The van der Waals surface area contributed by atoms with Gasteiger partial charge in [-0.3, -0.25) is 14.5 Å². The zero-order valence-electron chi connectivity index (χ0n) is 15.1. The second kappa shape index (κ2) is 6.91. The number of benzene rings is 2. The molecule has 1 unspecified atom stereocenters. The number of rotatable bonds is 3. The number of ketones is 1. The molecule has 0 N–H and O–H groups in total. The maximum Gasteiger partial charge on any atom is 0.232 e. The summed E-state index contributed by atoms with van der Waals surface area (Å²) in [5, 5.41) is 0. The van der Waals surface area contributed by atoms with Crippen LogP contribution in [-0.2, 0) is 16.0 Å². The molecule has 0 saturated carbocycles. The Morgan fingerprint density at radius 1 is 0.962 bits per heavy atom. The molecular formula is C23H23NO2. The van der Waals surface area contributed by atoms with Crippen molar-refractivity contribution in [2.45, 2.75) is 44.9 Å². The van der Waals surface area contributed by atoms with Crippen molar-refractivity contribution in [3.8, 4) is 0 Å². The molecule has 1 amide bonds. The minimum atomic E-state index is -0.114. The number of para-hydroxylation sites is 1. The first kappa shape index (κ1) is 16.8. The Morgan fingerprint density at radius 3 is 2.46 bits per heavy atom. The fraction of sp³-hybridized carbons (Fsp3) is 0.304. The highest BCUT2D eigenvalue weighted by Crippen LogP contribution is 2.43. The van der Waals surface area contributed by atoms with E-state index >= 15 is 0 Å². The van der Waals surface area contributed by atoms with Crippen LogP contribution in [0, 0.1) is 0 Å². The number of aryl methyl sites for hydroxylation is 1. The van der Waals surface area contributed by atoms with E-state index in [1.807, 2.05) is 53.4 Å². The van der Waals surface area contributed by atoms with Gasteiger partial charge < -0.3 is 0 Å². The summed E-state index contributed by atoms with van der Waals surface area (Å²) in [6.07, 6.45) is 3.40. The molecule has 0 fully saturated rings. The lowest BCUT2D eigenvalue weighted by Crippen LogP contribution is -2.41. The minimum Gasteiger partial charge on any atom is -0.294 e. The van der Waals surface area contributed by atoms with Crippen LogP contribution in [0.5, 0.6) is 0 Å². The fourth-order valence-corrected chi connectivity index (χ4v) is 4.27. The van der Waals surface area contributed by atoms with Crippen molar-refractivity contribution >= 4 is 17.4 Å². The summed E-state index contributed by atoms with van der Waals surface area (Å²) in [4.78, 5) is 27.9. The predicted molar refractivity (Wildman–Crippen MR) is 103 cm³/mol. The average Bonchev–Trinajstić information content (AvgIpc) is 2.68. The van der Waals surface area contributed by atoms with Gasteiger partial charge in [-0.15, -0.1) is 0 Å². The van der Waals surface area contributed by atoms with Gasteiger partial charge in [0.15, 0.2) is 5.78 Å². The quantitative estimate of drug-likeness (QED) is 0.803. The van der Waals surface area contributed by atoms with Crippen molar-refractivity contribution < 1.29 is 9.59 Å². The SMILES string of the molecule is CCc1ccccc1N1C(=O)CC(c2ccccc2)C2=C1CCCC2=O. The number of allylic oxidation sites excluding steroid dienone is 2. The molecular weight excluding hydrogens is 322 g/mol. The highest BCUT2D eigenvalue weighted by Gasteiger charge is 2.39. The lowest BCUT2D eigenvalue weighted by Gasteiger charge is -2.39. The molecule has 26 heavy (non-hydrogen) atoms. The van der Waals surface area contributed by atoms with E-state index in [9.17, 15) is 9.59 Å². The second-order valence-corrected chi connectivity index (χ2v) is 7.02. The van der Waals surface area contributed by atoms with E-state index in [1.54, 1.807) is 0 Å². The van der Waals surface area contributed by atoms with Crippen LogP contribution in [-0.4, -0.2) is 11.7 Å². The highest BCUT2D eigenvalue weighted by molar-refractivity contribution is 6.07. The van der Waals surface area contributed by atoms with Crippen molar-refractivity contribution in [1.82, 2.24) is 0 Å². The summed E-state index contributed by atoms with van der Waals surface area (Å²) >= 11 is 0. The molecule has 3 nitrogen and oxygen atoms in total. The maximum atomic E-state index is 13.2. The zero-order valence-corrected chi connectivity index (χ0v) is 15.1. The molecule has 0 saturated heterocycles. The Bertz CT molecular complexity index is 882. The van der Waals surface area contributed by atoms with E-state index in [0.717, 1.165) is 47.3 Å². The Morgan fingerprint density at radius 2 is 1.69 bits per heavy atom. The fourth-order valence-electron chi connectivity index (χ4n) is 4.27. The van der Waals surface area contributed by atoms with Gasteiger partial charge in [0, 0.05) is 30.0 Å². The Balaban J connectivity index is 1.88. The van der Waals surface area contributed by atoms with Gasteiger partial charge in [0.2, 0.25) is 5.91 Å². The third-order valence-electron chi connectivity index (χ3n) is 5.49. The van der Waals surface area contributed by atoms with E-state index in [1.165, 1.54) is 0 Å². The van der Waals surface area contributed by atoms with Crippen LogP contribution in [0.15, 0.2) is 65.9 Å². The lowest BCUT2D eigenvalue weighted by molar-refractivity contribution is -0.119. The normalized spacial score (nSPS) is 20.3. The molecule has 2 aromatic rings. The molecule has 0 spiro atoms. The van der Waals surface area contributed by atoms with E-state index in [-0.39, 0.29) is 17.6 Å². The molecule has 1 heterocycles. The highest BCUT2D eigenvalue weighted by atomic mass is 16.2. The molecule has 4 rings (SSSR count). The van der Waals surface area contributed by atoms with Gasteiger partial charge in [-0.2, -0.15) is 0 Å². The Hall–Kier alpha value is -2.68. The van der Waals surface area contributed by atoms with Crippen LogP contribution in [0.3, 0.4) is 0 Å². The summed E-state index contributed by atoms with van der Waals surface area (Å²) in [5.74, 6) is 0.177. The van der Waals surface area contributed by atoms with Gasteiger partial charge >= 0.3 is 0 Å². The van der Waals surface area contributed by atoms with Crippen molar-refractivity contribution in [3.05, 3.63) is 77.0 Å². The van der Waals surface area contributed by atoms with Crippen molar-refractivity contribution in [1.29, 1.82) is 0 Å². The van der Waals surface area contributed by atoms with E-state index in [4.69, 9.17) is 0 Å². The predicted octanol–water partition coefficient (Wildman–Crippen LogP) is 4.78. The molecule has 0 radical (unpaired) electrons. The number of hydrogen-bond acceptors (Lipinski definition) is 2. The van der Waals surface area contributed by atoms with Gasteiger partial charge in [-0.1, -0.05) is 55.5 Å². The topological polar surface area (TPSA) is 37.4 Å². The van der Waals surface area contributed by atoms with Gasteiger partial charge in [0.05, 0.1) is 5.69 Å². The van der Waals surface area contributed by atoms with Gasteiger partial charge in [-0.05, 0) is 36.5 Å². The Labute approximate surface area is 154 Å². The van der Waals surface area contributed by atoms with E-state index < -0.39 is 0 Å². The van der Waals surface area contributed by atoms with Crippen LogP contribution in [0.4, 0.5) is 5.69 Å². The van der Waals surface area contributed by atoms with Crippen LogP contribution in [0.25, 0.3) is 0 Å². The van der Waals surface area contributed by atoms with Crippen LogP contribution in [0.1, 0.15) is 49.7 Å². The number of nitrogens with zero attached hydrogens (tertiary/aromatic N) is 1. The number of anilines is 1. The lowest BCUT2D eigenvalue weighted by atomic mass is 9.77. The van der Waals surface area contributed by atoms with Crippen molar-refractivity contribution in [2.75, 3.05) is 4.90 Å². The Kier molecular flexibility index (Phi) is 4.46. The third-order valence-corrected chi connectivity index (χ3v) is 5.49. The van der Waals surface area contributed by atoms with Crippen LogP contribution in [0.2, 0.25) is 0 Å². The second-order valence-electron chi connectivity index (χ2n) is 7.02. The van der Waals surface area contributed by atoms with E-state index in [2.05, 4.69) is 13.0 Å². The first-order valence-corrected chi connectivity index (χ1v) is 9.42. The first-order chi connectivity index (χ1) is 12.7. The smallest absolute Gasteiger partial charge is 0.232 e. The number of hydrogen-bond donors (Lipinski definition) is 0. The molecule has 0 aromatic heterocycles. The summed E-state index contributed by atoms with van der Waals surface area (Å²) in [6.45, 7) is 2.10. The van der Waals surface area contributed by atoms with Crippen molar-refractivity contribution in [2.24, 2.45) is 0 Å². The minimum absolute atomic E-state index is 0.0909. The van der Waals surface area contributed by atoms with E-state index in [0.29, 0.717) is 12.8 Å². The van der Waals surface area contributed by atoms with Gasteiger partial charge in [0.25, 0.3) is 0 Å². The largest absolute Gasteiger partial charge is 0.294 e. The maximum absolute atomic E-state index is 13.2. The molecule has 3 heteroatoms. The molecule has 1 aliphatic heterocycles. The summed E-state index contributed by atoms with van der Waals surface area (Å²) in [6, 6.07) is 18.0. The summed E-state index contributed by atoms with van der Waals surface area (Å²) < 4.78 is 0. The molecule has 2 aromatic carbocycles. The molecule has 0 bridgehead atoms. The number of carbonyl (C=O) groups is 2. The molecule has 1 aliphatic carbocycles. The standard InChI is InChI=1S/C23H23NO2/c1-2-16-9-6-7-12-19(16)24-20-13-8-14-21(25)23(20)18(15-22(24)26)17-10-4-3-5-11-17/h3-7,9-12,18H,2,8,13-15H2,1H3. The molecule has 2 aliphatic rings. The van der Waals surface area contributed by atoms with Crippen molar-refractivity contribution in [3.63, 3.8) is 0 Å².